The van der Waals surface area contributed by atoms with Crippen molar-refractivity contribution in [2.75, 3.05) is 5.32 Å². The van der Waals surface area contributed by atoms with Gasteiger partial charge in [0.25, 0.3) is 15.9 Å². The van der Waals surface area contributed by atoms with Crippen LogP contribution in [0.4, 0.5) is 5.69 Å². The van der Waals surface area contributed by atoms with Gasteiger partial charge in [-0.15, -0.1) is 0 Å². The lowest BCUT2D eigenvalue weighted by Gasteiger charge is -2.11. The van der Waals surface area contributed by atoms with Gasteiger partial charge in [0.1, 0.15) is 0 Å². The Morgan fingerprint density at radius 2 is 1.88 bits per heavy atom. The minimum Gasteiger partial charge on any atom is -0.478 e. The Labute approximate surface area is 182 Å². The van der Waals surface area contributed by atoms with Gasteiger partial charge in [-0.1, -0.05) is 6.07 Å². The van der Waals surface area contributed by atoms with Crippen molar-refractivity contribution in [2.24, 2.45) is 0 Å². The Bertz CT molecular complexity index is 1530. The molecule has 0 saturated heterocycles. The van der Waals surface area contributed by atoms with E-state index < -0.39 is 21.9 Å². The Hall–Kier alpha value is -4.49. The van der Waals surface area contributed by atoms with Crippen molar-refractivity contribution >= 4 is 38.6 Å². The van der Waals surface area contributed by atoms with E-state index in [4.69, 9.17) is 5.26 Å². The fraction of sp³-hybridized carbons (Fsp3) is 0. The minimum atomic E-state index is -4.04. The second-order valence-electron chi connectivity index (χ2n) is 6.69. The van der Waals surface area contributed by atoms with Gasteiger partial charge < -0.3 is 10.4 Å². The summed E-state index contributed by atoms with van der Waals surface area (Å²) in [4.78, 5) is 28.2. The summed E-state index contributed by atoms with van der Waals surface area (Å²) in [5.41, 5.74) is 0.115. The van der Waals surface area contributed by atoms with Crippen LogP contribution < -0.4 is 5.32 Å². The van der Waals surface area contributed by atoms with Crippen LogP contribution in [0.3, 0.4) is 0 Å². The maximum Gasteiger partial charge on any atom is 0.337 e. The number of pyridine rings is 1. The topological polar surface area (TPSA) is 142 Å². The highest BCUT2D eigenvalue weighted by Gasteiger charge is 2.21. The van der Waals surface area contributed by atoms with E-state index in [1.807, 2.05) is 6.07 Å². The number of amides is 1. The zero-order chi connectivity index (χ0) is 22.9. The maximum absolute atomic E-state index is 13.1. The first kappa shape index (κ1) is 20.8. The molecule has 1 amide bonds. The number of hydrogen-bond acceptors (Lipinski definition) is 6. The van der Waals surface area contributed by atoms with Crippen LogP contribution in [0, 0.1) is 11.3 Å². The monoisotopic (exact) mass is 446 g/mol. The fourth-order valence-corrected chi connectivity index (χ4v) is 4.50. The third kappa shape index (κ3) is 3.68. The van der Waals surface area contributed by atoms with Gasteiger partial charge in [0.15, 0.2) is 5.65 Å². The maximum atomic E-state index is 13.1. The summed E-state index contributed by atoms with van der Waals surface area (Å²) in [7, 11) is -4.04. The highest BCUT2D eigenvalue weighted by atomic mass is 32.2. The molecule has 0 unspecified atom stereocenters. The molecule has 2 aromatic heterocycles. The molecule has 0 aliphatic rings. The van der Waals surface area contributed by atoms with E-state index in [2.05, 4.69) is 10.3 Å². The summed E-state index contributed by atoms with van der Waals surface area (Å²) in [6.07, 6.45) is 2.87. The van der Waals surface area contributed by atoms with Crippen molar-refractivity contribution in [2.45, 2.75) is 4.90 Å². The largest absolute Gasteiger partial charge is 0.478 e. The van der Waals surface area contributed by atoms with Gasteiger partial charge in [-0.3, -0.25) is 4.79 Å². The molecule has 2 N–H and O–H groups in total. The van der Waals surface area contributed by atoms with E-state index >= 15 is 0 Å². The van der Waals surface area contributed by atoms with E-state index in [1.165, 1.54) is 48.8 Å². The number of nitrogens with one attached hydrogen (secondary N) is 1. The number of carboxylic acid groups (broad SMARTS) is 1. The predicted molar refractivity (Wildman–Crippen MR) is 115 cm³/mol. The molecule has 32 heavy (non-hydrogen) atoms. The number of rotatable bonds is 5. The molecule has 0 spiro atoms. The number of carbonyl (C=O) groups excluding carboxylic acids is 1. The molecule has 0 atom stereocenters. The summed E-state index contributed by atoms with van der Waals surface area (Å²) in [6.45, 7) is 0. The van der Waals surface area contributed by atoms with Gasteiger partial charge in [-0.25, -0.2) is 22.2 Å². The highest BCUT2D eigenvalue weighted by molar-refractivity contribution is 7.90. The number of fused-ring (bicyclic) bond motifs is 1. The lowest BCUT2D eigenvalue weighted by atomic mass is 10.1. The van der Waals surface area contributed by atoms with Gasteiger partial charge in [0.2, 0.25) is 0 Å². The average molecular weight is 446 g/mol. The van der Waals surface area contributed by atoms with Crippen LogP contribution in [0.25, 0.3) is 11.0 Å². The second kappa shape index (κ2) is 7.98. The molecule has 9 nitrogen and oxygen atoms in total. The first-order chi connectivity index (χ1) is 15.3. The number of anilines is 1. The van der Waals surface area contributed by atoms with Crippen LogP contribution in [0.2, 0.25) is 0 Å². The number of nitrogens with zero attached hydrogens (tertiary/aromatic N) is 3. The molecule has 0 bridgehead atoms. The Kier molecular flexibility index (Phi) is 5.18. The van der Waals surface area contributed by atoms with Crippen LogP contribution in [0.15, 0.2) is 78.0 Å². The molecular weight excluding hydrogens is 432 g/mol. The average Bonchev–Trinajstić information content (AvgIpc) is 3.24. The Morgan fingerprint density at radius 1 is 1.06 bits per heavy atom. The summed E-state index contributed by atoms with van der Waals surface area (Å²) in [6, 6.07) is 16.1. The molecule has 4 aromatic rings. The number of carboxylic acids is 1. The van der Waals surface area contributed by atoms with Gasteiger partial charge in [-0.2, -0.15) is 5.26 Å². The number of aromatic carboxylic acids is 1. The van der Waals surface area contributed by atoms with Crippen LogP contribution in [-0.2, 0) is 10.0 Å². The molecule has 0 fully saturated rings. The van der Waals surface area contributed by atoms with Crippen molar-refractivity contribution in [1.82, 2.24) is 8.96 Å². The van der Waals surface area contributed by atoms with Gasteiger partial charge >= 0.3 is 5.97 Å². The molecule has 2 aromatic carbocycles. The lowest BCUT2D eigenvalue weighted by molar-refractivity contribution is 0.0698. The lowest BCUT2D eigenvalue weighted by Crippen LogP contribution is -2.17. The molecular formula is C22H14N4O5S. The standard InChI is InChI=1S/C22H14N4O5S/c23-13-14-6-7-19(18(11-14)22(28)29)25-21(27)16-3-1-5-17(12-16)32(30,31)26-10-8-15-4-2-9-24-20(15)26/h1-12H,(H,25,27)(H,28,29). The summed E-state index contributed by atoms with van der Waals surface area (Å²) in [5, 5.41) is 21.4. The van der Waals surface area contributed by atoms with Crippen molar-refractivity contribution in [1.29, 1.82) is 5.26 Å². The first-order valence-corrected chi connectivity index (χ1v) is 10.6. The number of carbonyl (C=O) groups is 2. The van der Waals surface area contributed by atoms with E-state index in [-0.39, 0.29) is 32.9 Å². The van der Waals surface area contributed by atoms with Crippen LogP contribution in [-0.4, -0.2) is 34.4 Å². The number of benzene rings is 2. The molecule has 0 radical (unpaired) electrons. The van der Waals surface area contributed by atoms with Crippen molar-refractivity contribution in [3.63, 3.8) is 0 Å². The number of aromatic nitrogens is 2. The Morgan fingerprint density at radius 3 is 2.62 bits per heavy atom. The van der Waals surface area contributed by atoms with E-state index in [0.717, 1.165) is 10.0 Å². The van der Waals surface area contributed by atoms with Gasteiger partial charge in [-0.05, 0) is 54.6 Å². The molecule has 4 rings (SSSR count). The van der Waals surface area contributed by atoms with Crippen LogP contribution in [0.1, 0.15) is 26.3 Å². The third-order valence-electron chi connectivity index (χ3n) is 4.70. The SMILES string of the molecule is N#Cc1ccc(NC(=O)c2cccc(S(=O)(=O)n3ccc4cccnc43)c2)c(C(=O)O)c1. The zero-order valence-corrected chi connectivity index (χ0v) is 17.1. The molecule has 0 saturated carbocycles. The molecule has 2 heterocycles. The molecule has 10 heteroatoms. The van der Waals surface area contributed by atoms with Crippen LogP contribution in [0.5, 0.6) is 0 Å². The predicted octanol–water partition coefficient (Wildman–Crippen LogP) is 3.10. The molecule has 0 aliphatic heterocycles. The van der Waals surface area contributed by atoms with Crippen molar-refractivity contribution in [3.8, 4) is 6.07 Å². The van der Waals surface area contributed by atoms with Crippen molar-refractivity contribution in [3.05, 3.63) is 89.7 Å². The molecule has 0 aliphatic carbocycles. The van der Waals surface area contributed by atoms with Gasteiger partial charge in [0.05, 0.1) is 27.8 Å². The molecule has 158 valence electrons. The van der Waals surface area contributed by atoms with E-state index in [0.29, 0.717) is 5.39 Å². The number of nitriles is 1. The highest BCUT2D eigenvalue weighted by Crippen LogP contribution is 2.23. The minimum absolute atomic E-state index is 0.0104. The van der Waals surface area contributed by atoms with E-state index in [9.17, 15) is 23.1 Å². The summed E-state index contributed by atoms with van der Waals surface area (Å²) < 4.78 is 27.3. The summed E-state index contributed by atoms with van der Waals surface area (Å²) in [5.74, 6) is -2.02. The zero-order valence-electron chi connectivity index (χ0n) is 16.3. The quantitative estimate of drug-likeness (QED) is 0.480. The Balaban J connectivity index is 1.69. The number of hydrogen-bond donors (Lipinski definition) is 2. The van der Waals surface area contributed by atoms with Crippen LogP contribution >= 0.6 is 0 Å². The third-order valence-corrected chi connectivity index (χ3v) is 6.36. The second-order valence-corrected chi connectivity index (χ2v) is 8.51. The van der Waals surface area contributed by atoms with Crippen molar-refractivity contribution < 1.29 is 23.1 Å². The fourth-order valence-electron chi connectivity index (χ4n) is 3.14. The van der Waals surface area contributed by atoms with E-state index in [1.54, 1.807) is 18.2 Å². The van der Waals surface area contributed by atoms with Gasteiger partial charge in [0, 0.05) is 23.3 Å². The smallest absolute Gasteiger partial charge is 0.337 e. The normalized spacial score (nSPS) is 11.1. The summed E-state index contributed by atoms with van der Waals surface area (Å²) >= 11 is 0. The first-order valence-electron chi connectivity index (χ1n) is 9.18.